The summed E-state index contributed by atoms with van der Waals surface area (Å²) in [6.07, 6.45) is 1.55. The molecule has 1 aromatic rings. The second-order valence-corrected chi connectivity index (χ2v) is 5.10. The Kier molecular flexibility index (Phi) is 3.97. The van der Waals surface area contributed by atoms with Crippen LogP contribution in [0, 0.1) is 0 Å². The van der Waals surface area contributed by atoms with E-state index in [1.807, 2.05) is 6.92 Å². The lowest BCUT2D eigenvalue weighted by Gasteiger charge is -2.36. The molecule has 0 amide bonds. The summed E-state index contributed by atoms with van der Waals surface area (Å²) in [5, 5.41) is 3.01. The minimum Gasteiger partial charge on any atom is -0.381 e. The quantitative estimate of drug-likeness (QED) is 0.893. The molecule has 2 nitrogen and oxygen atoms in total. The van der Waals surface area contributed by atoms with Gasteiger partial charge >= 0.3 is 0 Å². The van der Waals surface area contributed by atoms with Gasteiger partial charge in [0.15, 0.2) is 0 Å². The minimum atomic E-state index is -2.83. The lowest BCUT2D eigenvalue weighted by Crippen LogP contribution is -2.50. The van der Waals surface area contributed by atoms with Crippen LogP contribution in [0.5, 0.6) is 0 Å². The van der Waals surface area contributed by atoms with Gasteiger partial charge in [-0.3, -0.25) is 0 Å². The summed E-state index contributed by atoms with van der Waals surface area (Å²) < 4.78 is 33.2. The molecule has 1 N–H and O–H groups in total. The summed E-state index contributed by atoms with van der Waals surface area (Å²) in [6.45, 7) is 2.94. The number of halogens is 2. The van der Waals surface area contributed by atoms with Crippen molar-refractivity contribution in [2.24, 2.45) is 0 Å². The zero-order valence-electron chi connectivity index (χ0n) is 10.6. The highest BCUT2D eigenvalue weighted by atomic mass is 19.3. The monoisotopic (exact) mass is 255 g/mol. The molecule has 18 heavy (non-hydrogen) atoms. The van der Waals surface area contributed by atoms with Crippen LogP contribution in [0.1, 0.15) is 25.3 Å². The number of hydrogen-bond donors (Lipinski definition) is 1. The van der Waals surface area contributed by atoms with Gasteiger partial charge in [-0.15, -0.1) is 0 Å². The molecule has 0 spiro atoms. The molecule has 100 valence electrons. The Morgan fingerprint density at radius 3 is 2.44 bits per heavy atom. The highest BCUT2D eigenvalue weighted by Crippen LogP contribution is 2.29. The molecule has 1 aliphatic rings. The predicted molar refractivity (Wildman–Crippen MR) is 66.8 cm³/mol. The van der Waals surface area contributed by atoms with Crippen molar-refractivity contribution >= 4 is 0 Å². The van der Waals surface area contributed by atoms with E-state index >= 15 is 0 Å². The first-order valence-corrected chi connectivity index (χ1v) is 6.28. The fourth-order valence-electron chi connectivity index (χ4n) is 2.11. The van der Waals surface area contributed by atoms with Crippen molar-refractivity contribution in [3.05, 3.63) is 35.9 Å². The minimum absolute atomic E-state index is 0.0631. The van der Waals surface area contributed by atoms with Crippen molar-refractivity contribution in [1.82, 2.24) is 5.32 Å². The van der Waals surface area contributed by atoms with Crippen LogP contribution in [0.2, 0.25) is 0 Å². The van der Waals surface area contributed by atoms with Gasteiger partial charge in [-0.2, -0.15) is 8.78 Å². The zero-order valence-corrected chi connectivity index (χ0v) is 10.6. The first kappa shape index (κ1) is 13.4. The van der Waals surface area contributed by atoms with Gasteiger partial charge in [0.25, 0.3) is 5.92 Å². The number of rotatable bonds is 4. The number of alkyl halides is 2. The van der Waals surface area contributed by atoms with Gasteiger partial charge in [0.1, 0.15) is 0 Å². The van der Waals surface area contributed by atoms with Crippen LogP contribution < -0.4 is 5.32 Å². The Bertz CT molecular complexity index is 375. The fourth-order valence-corrected chi connectivity index (χ4v) is 2.11. The number of ether oxygens (including phenoxy) is 1. The predicted octanol–water partition coefficient (Wildman–Crippen LogP) is 2.94. The molecule has 0 aliphatic carbocycles. The number of benzene rings is 1. The summed E-state index contributed by atoms with van der Waals surface area (Å²) >= 11 is 0. The van der Waals surface area contributed by atoms with Crippen LogP contribution in [0.15, 0.2) is 30.3 Å². The van der Waals surface area contributed by atoms with Crippen LogP contribution in [0.4, 0.5) is 8.78 Å². The third-order valence-electron chi connectivity index (χ3n) is 3.53. The molecule has 0 saturated carbocycles. The fraction of sp³-hybridized carbons (Fsp3) is 0.571. The average Bonchev–Trinajstić information content (AvgIpc) is 2.39. The average molecular weight is 255 g/mol. The molecule has 4 heteroatoms. The molecule has 1 fully saturated rings. The van der Waals surface area contributed by atoms with E-state index in [0.717, 1.165) is 12.8 Å². The molecule has 1 aliphatic heterocycles. The zero-order chi connectivity index (χ0) is 13.1. The molecular weight excluding hydrogens is 236 g/mol. The summed E-state index contributed by atoms with van der Waals surface area (Å²) in [7, 11) is 0. The van der Waals surface area contributed by atoms with Gasteiger partial charge in [-0.05, 0) is 19.8 Å². The Labute approximate surface area is 106 Å². The van der Waals surface area contributed by atoms with E-state index in [9.17, 15) is 8.78 Å². The van der Waals surface area contributed by atoms with Gasteiger partial charge in [0, 0.05) is 24.3 Å². The van der Waals surface area contributed by atoms with Crippen LogP contribution in [-0.4, -0.2) is 25.3 Å². The molecule has 1 heterocycles. The summed E-state index contributed by atoms with van der Waals surface area (Å²) in [4.78, 5) is 0. The van der Waals surface area contributed by atoms with E-state index in [-0.39, 0.29) is 17.6 Å². The van der Waals surface area contributed by atoms with Crippen molar-refractivity contribution in [2.45, 2.75) is 31.2 Å². The van der Waals surface area contributed by atoms with Gasteiger partial charge < -0.3 is 10.1 Å². The Hall–Kier alpha value is -1.00. The van der Waals surface area contributed by atoms with E-state index < -0.39 is 5.92 Å². The highest BCUT2D eigenvalue weighted by molar-refractivity contribution is 5.20. The molecule has 0 unspecified atom stereocenters. The summed E-state index contributed by atoms with van der Waals surface area (Å²) in [5.41, 5.74) is -0.177. The molecule has 1 aromatic carbocycles. The summed E-state index contributed by atoms with van der Waals surface area (Å²) in [6, 6.07) is 7.95. The maximum atomic E-state index is 14.0. The summed E-state index contributed by atoms with van der Waals surface area (Å²) in [5.74, 6) is -2.83. The van der Waals surface area contributed by atoms with Crippen LogP contribution in [0.25, 0.3) is 0 Å². The SMILES string of the molecule is CC1(NCC(F)(F)c2ccccc2)CCOCC1. The third-order valence-corrected chi connectivity index (χ3v) is 3.53. The number of nitrogens with one attached hydrogen (secondary N) is 1. The molecule has 0 atom stereocenters. The van der Waals surface area contributed by atoms with Gasteiger partial charge in [0.05, 0.1) is 6.54 Å². The molecule has 2 rings (SSSR count). The second-order valence-electron chi connectivity index (χ2n) is 5.10. The van der Waals surface area contributed by atoms with E-state index in [1.54, 1.807) is 18.2 Å². The highest BCUT2D eigenvalue weighted by Gasteiger charge is 2.35. The van der Waals surface area contributed by atoms with Gasteiger partial charge in [0.2, 0.25) is 0 Å². The third kappa shape index (κ3) is 3.27. The van der Waals surface area contributed by atoms with Crippen molar-refractivity contribution in [3.63, 3.8) is 0 Å². The first-order chi connectivity index (χ1) is 8.52. The van der Waals surface area contributed by atoms with E-state index in [1.165, 1.54) is 12.1 Å². The topological polar surface area (TPSA) is 21.3 Å². The standard InChI is InChI=1S/C14H19F2NO/c1-13(7-9-18-10-8-13)17-11-14(15,16)12-5-3-2-4-6-12/h2-6,17H,7-11H2,1H3. The van der Waals surface area contributed by atoms with Gasteiger partial charge in [-0.25, -0.2) is 0 Å². The van der Waals surface area contributed by atoms with E-state index in [4.69, 9.17) is 4.74 Å². The number of hydrogen-bond acceptors (Lipinski definition) is 2. The maximum Gasteiger partial charge on any atom is 0.285 e. The molecule has 0 aromatic heterocycles. The Balaban J connectivity index is 1.96. The lowest BCUT2D eigenvalue weighted by molar-refractivity contribution is -0.0226. The molecule has 0 radical (unpaired) electrons. The van der Waals surface area contributed by atoms with E-state index in [2.05, 4.69) is 5.32 Å². The van der Waals surface area contributed by atoms with Crippen LogP contribution in [0.3, 0.4) is 0 Å². The van der Waals surface area contributed by atoms with Crippen molar-refractivity contribution < 1.29 is 13.5 Å². The van der Waals surface area contributed by atoms with Gasteiger partial charge in [-0.1, -0.05) is 30.3 Å². The molecule has 0 bridgehead atoms. The normalized spacial score (nSPS) is 19.7. The second kappa shape index (κ2) is 5.33. The first-order valence-electron chi connectivity index (χ1n) is 6.28. The molecule has 1 saturated heterocycles. The van der Waals surface area contributed by atoms with Crippen molar-refractivity contribution in [3.8, 4) is 0 Å². The Morgan fingerprint density at radius 1 is 1.22 bits per heavy atom. The van der Waals surface area contributed by atoms with Crippen molar-refractivity contribution in [1.29, 1.82) is 0 Å². The Morgan fingerprint density at radius 2 is 1.83 bits per heavy atom. The molecular formula is C14H19F2NO. The lowest BCUT2D eigenvalue weighted by atomic mass is 9.92. The van der Waals surface area contributed by atoms with E-state index in [0.29, 0.717) is 13.2 Å². The largest absolute Gasteiger partial charge is 0.381 e. The van der Waals surface area contributed by atoms with Crippen molar-refractivity contribution in [2.75, 3.05) is 19.8 Å². The van der Waals surface area contributed by atoms with Crippen LogP contribution >= 0.6 is 0 Å². The van der Waals surface area contributed by atoms with Crippen LogP contribution in [-0.2, 0) is 10.7 Å². The maximum absolute atomic E-state index is 14.0. The smallest absolute Gasteiger partial charge is 0.285 e.